The number of hydrogen-bond donors (Lipinski definition) is 1. The van der Waals surface area contributed by atoms with Gasteiger partial charge in [0.2, 0.25) is 0 Å². The van der Waals surface area contributed by atoms with Gasteiger partial charge in [-0.3, -0.25) is 4.98 Å². The van der Waals surface area contributed by atoms with E-state index >= 15 is 0 Å². The zero-order valence-electron chi connectivity index (χ0n) is 8.17. The third-order valence-electron chi connectivity index (χ3n) is 2.12. The molecule has 2 rings (SSSR count). The summed E-state index contributed by atoms with van der Waals surface area (Å²) in [6.07, 6.45) is 3.28. The predicted octanol–water partition coefficient (Wildman–Crippen LogP) is 2.04. The lowest BCUT2D eigenvalue weighted by Crippen LogP contribution is -1.94. The van der Waals surface area contributed by atoms with E-state index in [1.807, 2.05) is 42.5 Å². The number of benzene rings is 1. The Labute approximate surface area is 88.3 Å². The molecule has 0 atom stereocenters. The molecule has 0 aliphatic rings. The number of aromatic nitrogens is 1. The Bertz CT molecular complexity index is 463. The van der Waals surface area contributed by atoms with E-state index in [0.29, 0.717) is 0 Å². The maximum Gasteiger partial charge on any atom is 0.0908 e. The van der Waals surface area contributed by atoms with Gasteiger partial charge in [-0.25, -0.2) is 0 Å². The summed E-state index contributed by atoms with van der Waals surface area (Å²) in [4.78, 5) is 4.22. The zero-order valence-corrected chi connectivity index (χ0v) is 8.17. The Morgan fingerprint density at radius 3 is 2.60 bits per heavy atom. The molecule has 15 heavy (non-hydrogen) atoms. The molecule has 2 aromatic rings. The van der Waals surface area contributed by atoms with Crippen LogP contribution in [0.4, 0.5) is 0 Å². The van der Waals surface area contributed by atoms with Gasteiger partial charge in [-0.05, 0) is 11.6 Å². The van der Waals surface area contributed by atoms with Crippen LogP contribution in [0.1, 0.15) is 5.69 Å². The Hall–Kier alpha value is -2.16. The van der Waals surface area contributed by atoms with Crippen LogP contribution < -0.4 is 5.84 Å². The SMILES string of the molecule is NN=Cc1ncccc1-c1ccccc1. The Morgan fingerprint density at radius 1 is 1.07 bits per heavy atom. The molecule has 0 saturated heterocycles. The van der Waals surface area contributed by atoms with Crippen LogP contribution in [0.2, 0.25) is 0 Å². The van der Waals surface area contributed by atoms with E-state index in [0.717, 1.165) is 16.8 Å². The van der Waals surface area contributed by atoms with E-state index < -0.39 is 0 Å². The fourth-order valence-electron chi connectivity index (χ4n) is 1.45. The molecule has 0 saturated carbocycles. The summed E-state index contributed by atoms with van der Waals surface area (Å²) in [5.74, 6) is 5.14. The molecule has 0 radical (unpaired) electrons. The normalized spacial score (nSPS) is 10.7. The summed E-state index contributed by atoms with van der Waals surface area (Å²) >= 11 is 0. The Balaban J connectivity index is 2.53. The van der Waals surface area contributed by atoms with Gasteiger partial charge in [0.15, 0.2) is 0 Å². The quantitative estimate of drug-likeness (QED) is 0.455. The van der Waals surface area contributed by atoms with Crippen LogP contribution >= 0.6 is 0 Å². The average Bonchev–Trinajstić information content (AvgIpc) is 2.31. The molecule has 0 aliphatic carbocycles. The molecule has 0 aliphatic heterocycles. The van der Waals surface area contributed by atoms with E-state index in [-0.39, 0.29) is 0 Å². The van der Waals surface area contributed by atoms with Gasteiger partial charge in [0.1, 0.15) is 0 Å². The number of rotatable bonds is 2. The van der Waals surface area contributed by atoms with Crippen LogP contribution in [-0.4, -0.2) is 11.2 Å². The molecular formula is C12H11N3. The van der Waals surface area contributed by atoms with Crippen LogP contribution in [0.5, 0.6) is 0 Å². The second-order valence-corrected chi connectivity index (χ2v) is 3.08. The van der Waals surface area contributed by atoms with Gasteiger partial charge < -0.3 is 5.84 Å². The second kappa shape index (κ2) is 4.37. The van der Waals surface area contributed by atoms with Crippen molar-refractivity contribution < 1.29 is 0 Å². The number of hydrazone groups is 1. The molecule has 1 aromatic carbocycles. The number of nitrogens with two attached hydrogens (primary N) is 1. The van der Waals surface area contributed by atoms with Crippen molar-refractivity contribution in [2.45, 2.75) is 0 Å². The van der Waals surface area contributed by atoms with Gasteiger partial charge in [-0.2, -0.15) is 5.10 Å². The van der Waals surface area contributed by atoms with Crippen molar-refractivity contribution >= 4 is 6.21 Å². The highest BCUT2D eigenvalue weighted by Gasteiger charge is 2.02. The van der Waals surface area contributed by atoms with Crippen LogP contribution in [0.3, 0.4) is 0 Å². The van der Waals surface area contributed by atoms with Crippen LogP contribution in [0.15, 0.2) is 53.8 Å². The minimum Gasteiger partial charge on any atom is -0.323 e. The topological polar surface area (TPSA) is 51.3 Å². The maximum atomic E-state index is 5.14. The predicted molar refractivity (Wildman–Crippen MR) is 61.5 cm³/mol. The largest absolute Gasteiger partial charge is 0.323 e. The van der Waals surface area contributed by atoms with E-state index in [4.69, 9.17) is 5.84 Å². The van der Waals surface area contributed by atoms with E-state index in [1.165, 1.54) is 0 Å². The molecular weight excluding hydrogens is 186 g/mol. The first kappa shape index (κ1) is 9.40. The van der Waals surface area contributed by atoms with E-state index in [9.17, 15) is 0 Å². The molecule has 0 spiro atoms. The van der Waals surface area contributed by atoms with Crippen molar-refractivity contribution in [3.63, 3.8) is 0 Å². The van der Waals surface area contributed by atoms with Gasteiger partial charge in [0.25, 0.3) is 0 Å². The average molecular weight is 197 g/mol. The number of hydrogen-bond acceptors (Lipinski definition) is 3. The van der Waals surface area contributed by atoms with Crippen LogP contribution in [0.25, 0.3) is 11.1 Å². The first-order chi connectivity index (χ1) is 7.42. The lowest BCUT2D eigenvalue weighted by molar-refractivity contribution is 1.23. The minimum atomic E-state index is 0.784. The van der Waals surface area contributed by atoms with Crippen molar-refractivity contribution in [3.8, 4) is 11.1 Å². The molecule has 0 unspecified atom stereocenters. The zero-order chi connectivity index (χ0) is 10.5. The first-order valence-electron chi connectivity index (χ1n) is 4.65. The van der Waals surface area contributed by atoms with Crippen molar-refractivity contribution in [2.75, 3.05) is 0 Å². The third-order valence-corrected chi connectivity index (χ3v) is 2.12. The minimum absolute atomic E-state index is 0.784. The molecule has 0 bridgehead atoms. The molecule has 1 aromatic heterocycles. The molecule has 1 heterocycles. The summed E-state index contributed by atoms with van der Waals surface area (Å²) in [7, 11) is 0. The maximum absolute atomic E-state index is 5.14. The van der Waals surface area contributed by atoms with Crippen molar-refractivity contribution in [2.24, 2.45) is 10.9 Å². The second-order valence-electron chi connectivity index (χ2n) is 3.08. The lowest BCUT2D eigenvalue weighted by atomic mass is 10.0. The molecule has 3 heteroatoms. The fourth-order valence-corrected chi connectivity index (χ4v) is 1.45. The molecule has 3 nitrogen and oxygen atoms in total. The highest BCUT2D eigenvalue weighted by atomic mass is 15.1. The molecule has 2 N–H and O–H groups in total. The first-order valence-corrected chi connectivity index (χ1v) is 4.65. The van der Waals surface area contributed by atoms with Gasteiger partial charge >= 0.3 is 0 Å². The summed E-state index contributed by atoms with van der Waals surface area (Å²) < 4.78 is 0. The van der Waals surface area contributed by atoms with E-state index in [2.05, 4.69) is 10.1 Å². The summed E-state index contributed by atoms with van der Waals surface area (Å²) in [5.41, 5.74) is 2.93. The monoisotopic (exact) mass is 197 g/mol. The van der Waals surface area contributed by atoms with Gasteiger partial charge in [-0.15, -0.1) is 0 Å². The molecule has 74 valence electrons. The number of pyridine rings is 1. The Kier molecular flexibility index (Phi) is 2.74. The third kappa shape index (κ3) is 2.02. The van der Waals surface area contributed by atoms with Gasteiger partial charge in [0.05, 0.1) is 11.9 Å². The van der Waals surface area contributed by atoms with Crippen molar-refractivity contribution in [1.82, 2.24) is 4.98 Å². The highest BCUT2D eigenvalue weighted by Crippen LogP contribution is 2.20. The smallest absolute Gasteiger partial charge is 0.0908 e. The summed E-state index contributed by atoms with van der Waals surface area (Å²) in [6, 6.07) is 13.9. The summed E-state index contributed by atoms with van der Waals surface area (Å²) in [5, 5.41) is 3.50. The van der Waals surface area contributed by atoms with Crippen molar-refractivity contribution in [1.29, 1.82) is 0 Å². The van der Waals surface area contributed by atoms with Gasteiger partial charge in [-0.1, -0.05) is 36.4 Å². The van der Waals surface area contributed by atoms with Crippen LogP contribution in [0, 0.1) is 0 Å². The van der Waals surface area contributed by atoms with Crippen LogP contribution in [-0.2, 0) is 0 Å². The lowest BCUT2D eigenvalue weighted by Gasteiger charge is -2.03. The van der Waals surface area contributed by atoms with Crippen molar-refractivity contribution in [3.05, 3.63) is 54.4 Å². The van der Waals surface area contributed by atoms with Gasteiger partial charge in [0, 0.05) is 11.8 Å². The molecule has 0 amide bonds. The van der Waals surface area contributed by atoms with E-state index in [1.54, 1.807) is 12.4 Å². The Morgan fingerprint density at radius 2 is 1.87 bits per heavy atom. The highest BCUT2D eigenvalue weighted by molar-refractivity contribution is 5.87. The summed E-state index contributed by atoms with van der Waals surface area (Å²) in [6.45, 7) is 0. The standard InChI is InChI=1S/C12H11N3/c13-15-9-12-11(7-4-8-14-12)10-5-2-1-3-6-10/h1-9H,13H2. The number of nitrogens with zero attached hydrogens (tertiary/aromatic N) is 2. The molecule has 0 fully saturated rings. The fraction of sp³-hybridized carbons (Fsp3) is 0.